The van der Waals surface area contributed by atoms with Crippen LogP contribution in [0.1, 0.15) is 31.3 Å². The van der Waals surface area contributed by atoms with Crippen LogP contribution in [0.3, 0.4) is 0 Å². The van der Waals surface area contributed by atoms with Crippen LogP contribution in [0.4, 0.5) is 0 Å². The number of hydrogen-bond donors (Lipinski definition) is 0. The van der Waals surface area contributed by atoms with Gasteiger partial charge in [0.05, 0.1) is 11.2 Å². The van der Waals surface area contributed by atoms with Crippen molar-refractivity contribution in [1.82, 2.24) is 9.88 Å². The molecule has 1 unspecified atom stereocenters. The minimum Gasteiger partial charge on any atom is -0.301 e. The van der Waals surface area contributed by atoms with E-state index in [1.165, 1.54) is 10.6 Å². The maximum absolute atomic E-state index is 4.30. The van der Waals surface area contributed by atoms with Crippen molar-refractivity contribution in [3.63, 3.8) is 0 Å². The molecule has 0 aliphatic rings. The molecule has 98 valence electrons. The molecule has 0 N–H and O–H groups in total. The first kappa shape index (κ1) is 15.1. The number of thiazole rings is 1. The van der Waals surface area contributed by atoms with Crippen LogP contribution in [0.2, 0.25) is 0 Å². The Labute approximate surface area is 118 Å². The molecule has 0 fully saturated rings. The topological polar surface area (TPSA) is 16.1 Å². The summed E-state index contributed by atoms with van der Waals surface area (Å²) >= 11 is 5.39. The molecule has 0 saturated heterocycles. The fourth-order valence-electron chi connectivity index (χ4n) is 1.72. The number of rotatable bonds is 5. The molecule has 0 radical (unpaired) electrons. The van der Waals surface area contributed by atoms with Gasteiger partial charge in [0.15, 0.2) is 0 Å². The number of nitrogens with zero attached hydrogens (tertiary/aromatic N) is 2. The first-order valence-corrected chi connectivity index (χ1v) is 7.98. The van der Waals surface area contributed by atoms with E-state index in [9.17, 15) is 0 Å². The molecule has 0 aliphatic heterocycles. The van der Waals surface area contributed by atoms with E-state index in [2.05, 4.69) is 60.6 Å². The zero-order valence-corrected chi connectivity index (χ0v) is 13.9. The van der Waals surface area contributed by atoms with Crippen molar-refractivity contribution in [3.05, 3.63) is 16.1 Å². The molecule has 0 bridgehead atoms. The SMILES string of the molecule is Cc1ncsc1CN(C)CC(CBr)C(C)(C)C. The Morgan fingerprint density at radius 1 is 1.47 bits per heavy atom. The van der Waals surface area contributed by atoms with Gasteiger partial charge >= 0.3 is 0 Å². The highest BCUT2D eigenvalue weighted by Gasteiger charge is 2.24. The summed E-state index contributed by atoms with van der Waals surface area (Å²) in [7, 11) is 2.19. The minimum absolute atomic E-state index is 0.348. The third kappa shape index (κ3) is 4.68. The second-order valence-electron chi connectivity index (χ2n) is 5.77. The second-order valence-corrected chi connectivity index (χ2v) is 7.36. The molecule has 1 rings (SSSR count). The van der Waals surface area contributed by atoms with Crippen LogP contribution in [0.15, 0.2) is 5.51 Å². The summed E-state index contributed by atoms with van der Waals surface area (Å²) in [5.41, 5.74) is 3.46. The molecule has 4 heteroatoms. The Balaban J connectivity index is 2.54. The van der Waals surface area contributed by atoms with Crippen LogP contribution >= 0.6 is 27.3 Å². The van der Waals surface area contributed by atoms with Crippen LogP contribution in [0, 0.1) is 18.3 Å². The van der Waals surface area contributed by atoms with Crippen LogP contribution in [-0.2, 0) is 6.54 Å². The van der Waals surface area contributed by atoms with Gasteiger partial charge in [0.1, 0.15) is 0 Å². The van der Waals surface area contributed by atoms with Gasteiger partial charge in [0.2, 0.25) is 0 Å². The zero-order chi connectivity index (χ0) is 13.1. The average Bonchev–Trinajstić information content (AvgIpc) is 2.59. The molecular weight excluding hydrogens is 296 g/mol. The predicted octanol–water partition coefficient (Wildman–Crippen LogP) is 3.94. The Morgan fingerprint density at radius 2 is 2.12 bits per heavy atom. The number of hydrogen-bond acceptors (Lipinski definition) is 3. The van der Waals surface area contributed by atoms with E-state index in [-0.39, 0.29) is 0 Å². The Hall–Kier alpha value is 0.0700. The molecule has 0 saturated carbocycles. The molecule has 2 nitrogen and oxygen atoms in total. The van der Waals surface area contributed by atoms with E-state index >= 15 is 0 Å². The van der Waals surface area contributed by atoms with Gasteiger partial charge < -0.3 is 4.90 Å². The summed E-state index contributed by atoms with van der Waals surface area (Å²) in [6.07, 6.45) is 0. The molecule has 0 spiro atoms. The zero-order valence-electron chi connectivity index (χ0n) is 11.5. The smallest absolute Gasteiger partial charge is 0.0798 e. The van der Waals surface area contributed by atoms with E-state index in [0.717, 1.165) is 18.4 Å². The number of aromatic nitrogens is 1. The van der Waals surface area contributed by atoms with Crippen molar-refractivity contribution in [3.8, 4) is 0 Å². The molecule has 0 aromatic carbocycles. The van der Waals surface area contributed by atoms with Crippen molar-refractivity contribution >= 4 is 27.3 Å². The van der Waals surface area contributed by atoms with Gasteiger partial charge in [-0.25, -0.2) is 4.98 Å². The van der Waals surface area contributed by atoms with Gasteiger partial charge in [0.25, 0.3) is 0 Å². The quantitative estimate of drug-likeness (QED) is 0.764. The van der Waals surface area contributed by atoms with Crippen LogP contribution in [0.25, 0.3) is 0 Å². The van der Waals surface area contributed by atoms with E-state index in [0.29, 0.717) is 11.3 Å². The van der Waals surface area contributed by atoms with Crippen molar-refractivity contribution < 1.29 is 0 Å². The molecule has 1 aromatic heterocycles. The highest BCUT2D eigenvalue weighted by Crippen LogP contribution is 2.28. The maximum atomic E-state index is 4.30. The van der Waals surface area contributed by atoms with E-state index in [1.807, 2.05) is 5.51 Å². The third-order valence-corrected chi connectivity index (χ3v) is 4.90. The van der Waals surface area contributed by atoms with Crippen molar-refractivity contribution in [2.24, 2.45) is 11.3 Å². The molecule has 0 amide bonds. The van der Waals surface area contributed by atoms with Gasteiger partial charge in [-0.2, -0.15) is 0 Å². The average molecular weight is 319 g/mol. The van der Waals surface area contributed by atoms with E-state index < -0.39 is 0 Å². The first-order valence-electron chi connectivity index (χ1n) is 5.98. The largest absolute Gasteiger partial charge is 0.301 e. The molecule has 17 heavy (non-hydrogen) atoms. The lowest BCUT2D eigenvalue weighted by Gasteiger charge is -2.32. The normalized spacial score (nSPS) is 14.3. The summed E-state index contributed by atoms with van der Waals surface area (Å²) < 4.78 is 0. The van der Waals surface area contributed by atoms with Crippen LogP contribution in [-0.4, -0.2) is 28.8 Å². The summed E-state index contributed by atoms with van der Waals surface area (Å²) in [6.45, 7) is 11.1. The van der Waals surface area contributed by atoms with Gasteiger partial charge in [-0.3, -0.25) is 0 Å². The Bertz CT molecular complexity index is 343. The minimum atomic E-state index is 0.348. The van der Waals surface area contributed by atoms with Gasteiger partial charge in [-0.1, -0.05) is 36.7 Å². The highest BCUT2D eigenvalue weighted by atomic mass is 79.9. The Morgan fingerprint density at radius 3 is 2.53 bits per heavy atom. The first-order chi connectivity index (χ1) is 7.84. The lowest BCUT2D eigenvalue weighted by molar-refractivity contribution is 0.184. The third-order valence-electron chi connectivity index (χ3n) is 3.20. The maximum Gasteiger partial charge on any atom is 0.0798 e. The van der Waals surface area contributed by atoms with Crippen molar-refractivity contribution in [1.29, 1.82) is 0 Å². The standard InChI is InChI=1S/C13H23BrN2S/c1-10-12(17-9-15-10)8-16(5)7-11(6-14)13(2,3)4/h9,11H,6-8H2,1-5H3. The van der Waals surface area contributed by atoms with Crippen molar-refractivity contribution in [2.75, 3.05) is 18.9 Å². The predicted molar refractivity (Wildman–Crippen MR) is 79.9 cm³/mol. The van der Waals surface area contributed by atoms with Gasteiger partial charge in [-0.15, -0.1) is 11.3 Å². The molecular formula is C13H23BrN2S. The van der Waals surface area contributed by atoms with Crippen molar-refractivity contribution in [2.45, 2.75) is 34.2 Å². The monoisotopic (exact) mass is 318 g/mol. The van der Waals surface area contributed by atoms with Gasteiger partial charge in [-0.05, 0) is 25.3 Å². The lowest BCUT2D eigenvalue weighted by Crippen LogP contribution is -2.34. The molecule has 1 aromatic rings. The summed E-state index contributed by atoms with van der Waals surface area (Å²) in [5, 5.41) is 1.06. The molecule has 1 atom stereocenters. The number of alkyl halides is 1. The van der Waals surface area contributed by atoms with E-state index in [1.54, 1.807) is 11.3 Å². The summed E-state index contributed by atoms with van der Waals surface area (Å²) in [6, 6.07) is 0. The molecule has 1 heterocycles. The summed E-state index contributed by atoms with van der Waals surface area (Å²) in [4.78, 5) is 8.08. The number of halogens is 1. The van der Waals surface area contributed by atoms with Gasteiger partial charge in [0, 0.05) is 23.3 Å². The fourth-order valence-corrected chi connectivity index (χ4v) is 3.75. The fraction of sp³-hybridized carbons (Fsp3) is 0.769. The van der Waals surface area contributed by atoms with Crippen LogP contribution < -0.4 is 0 Å². The molecule has 0 aliphatic carbocycles. The van der Waals surface area contributed by atoms with E-state index in [4.69, 9.17) is 0 Å². The lowest BCUT2D eigenvalue weighted by atomic mass is 9.82. The van der Waals surface area contributed by atoms with Crippen LogP contribution in [0.5, 0.6) is 0 Å². The second kappa shape index (κ2) is 6.30. The highest BCUT2D eigenvalue weighted by molar-refractivity contribution is 9.09. The number of aryl methyl sites for hydroxylation is 1. The summed E-state index contributed by atoms with van der Waals surface area (Å²) in [5.74, 6) is 0.667. The Kier molecular flexibility index (Phi) is 5.61.